The molecule has 1 rings (SSSR count). The molecule has 0 spiro atoms. The van der Waals surface area contributed by atoms with Gasteiger partial charge in [-0.15, -0.1) is 37.1 Å². The molecule has 0 aliphatic heterocycles. The largest absolute Gasteiger partial charge is 0.370 e. The predicted molar refractivity (Wildman–Crippen MR) is 117 cm³/mol. The number of benzene rings is 1. The zero-order valence-corrected chi connectivity index (χ0v) is 17.4. The van der Waals surface area contributed by atoms with Gasteiger partial charge in [-0.25, -0.2) is 0 Å². The van der Waals surface area contributed by atoms with E-state index in [2.05, 4.69) is 55.2 Å². The van der Waals surface area contributed by atoms with Crippen LogP contribution in [0.1, 0.15) is 19.4 Å². The van der Waals surface area contributed by atoms with Crippen LogP contribution in [0.4, 0.5) is 5.69 Å². The van der Waals surface area contributed by atoms with E-state index in [1.807, 2.05) is 30.4 Å². The number of hydrogen-bond donors (Lipinski definition) is 2. The quantitative estimate of drug-likeness (QED) is 0.263. The lowest BCUT2D eigenvalue weighted by molar-refractivity contribution is 0.196. The monoisotopic (exact) mass is 442 g/mol. The van der Waals surface area contributed by atoms with Crippen molar-refractivity contribution in [3.8, 4) is 0 Å². The highest BCUT2D eigenvalue weighted by atomic mass is 127. The molecule has 0 aromatic heterocycles. The minimum absolute atomic E-state index is 0. The molecular formula is C19H31IN4. The second-order valence-electron chi connectivity index (χ2n) is 6.06. The second-order valence-corrected chi connectivity index (χ2v) is 6.06. The van der Waals surface area contributed by atoms with Gasteiger partial charge in [-0.1, -0.05) is 38.1 Å². The molecule has 0 bridgehead atoms. The Bertz CT molecular complexity index is 530. The highest BCUT2D eigenvalue weighted by Crippen LogP contribution is 2.12. The van der Waals surface area contributed by atoms with E-state index in [0.29, 0.717) is 24.5 Å². The van der Waals surface area contributed by atoms with Gasteiger partial charge in [0.25, 0.3) is 0 Å². The normalized spacial score (nSPS) is 12.6. The summed E-state index contributed by atoms with van der Waals surface area (Å²) in [6, 6.07) is 8.37. The lowest BCUT2D eigenvalue weighted by Crippen LogP contribution is -2.42. The molecule has 0 fully saturated rings. The molecule has 1 atom stereocenters. The molecule has 0 saturated heterocycles. The molecule has 1 aromatic rings. The van der Waals surface area contributed by atoms with E-state index < -0.39 is 0 Å². The molecule has 4 nitrogen and oxygen atoms in total. The number of rotatable bonds is 9. The average molecular weight is 442 g/mol. The third-order valence-electron chi connectivity index (χ3n) is 3.70. The molecule has 0 radical (unpaired) electrons. The minimum Gasteiger partial charge on any atom is -0.370 e. The lowest BCUT2D eigenvalue weighted by atomic mass is 10.0. The van der Waals surface area contributed by atoms with E-state index in [0.717, 1.165) is 18.8 Å². The van der Waals surface area contributed by atoms with Gasteiger partial charge in [0.05, 0.1) is 6.54 Å². The van der Waals surface area contributed by atoms with Crippen LogP contribution in [-0.4, -0.2) is 36.5 Å². The van der Waals surface area contributed by atoms with E-state index in [9.17, 15) is 0 Å². The number of nitrogens with two attached hydrogens (primary N) is 1. The summed E-state index contributed by atoms with van der Waals surface area (Å²) in [7, 11) is 0. The van der Waals surface area contributed by atoms with Crippen LogP contribution in [0.15, 0.2) is 54.6 Å². The Morgan fingerprint density at radius 2 is 1.92 bits per heavy atom. The van der Waals surface area contributed by atoms with Crippen molar-refractivity contribution < 1.29 is 0 Å². The van der Waals surface area contributed by atoms with Crippen molar-refractivity contribution in [1.29, 1.82) is 0 Å². The first-order chi connectivity index (χ1) is 11.0. The standard InChI is InChI=1S/C19H30N4.HI/c1-6-11-23(12-7-2)18(15(3)4)14-21-19(20)22-17-10-8-9-16(5)13-17;/h6-10,13,15,18H,1-2,11-12,14H2,3-5H3,(H3,20,21,22);1H. The number of aliphatic imine (C=N–C) groups is 1. The lowest BCUT2D eigenvalue weighted by Gasteiger charge is -2.31. The van der Waals surface area contributed by atoms with E-state index in [-0.39, 0.29) is 24.0 Å². The van der Waals surface area contributed by atoms with E-state index in [1.165, 1.54) is 5.56 Å². The fourth-order valence-electron chi connectivity index (χ4n) is 2.53. The summed E-state index contributed by atoms with van der Waals surface area (Å²) >= 11 is 0. The number of nitrogens with one attached hydrogen (secondary N) is 1. The van der Waals surface area contributed by atoms with Crippen LogP contribution in [0, 0.1) is 12.8 Å². The molecule has 0 aliphatic carbocycles. The molecule has 0 saturated carbocycles. The number of nitrogens with zero attached hydrogens (tertiary/aromatic N) is 2. The van der Waals surface area contributed by atoms with Gasteiger partial charge in [0.1, 0.15) is 0 Å². The van der Waals surface area contributed by atoms with Crippen molar-refractivity contribution in [1.82, 2.24) is 4.90 Å². The predicted octanol–water partition coefficient (Wildman–Crippen LogP) is 4.04. The first kappa shape index (κ1) is 22.7. The highest BCUT2D eigenvalue weighted by Gasteiger charge is 2.19. The molecular weight excluding hydrogens is 411 g/mol. The molecule has 0 amide bonds. The molecule has 1 aromatic carbocycles. The average Bonchev–Trinajstić information content (AvgIpc) is 2.47. The van der Waals surface area contributed by atoms with Gasteiger partial charge >= 0.3 is 0 Å². The van der Waals surface area contributed by atoms with Crippen LogP contribution in [0.3, 0.4) is 0 Å². The Balaban J connectivity index is 0.00000529. The third kappa shape index (κ3) is 7.97. The van der Waals surface area contributed by atoms with E-state index >= 15 is 0 Å². The molecule has 24 heavy (non-hydrogen) atoms. The second kappa shape index (κ2) is 12.1. The van der Waals surface area contributed by atoms with Crippen molar-refractivity contribution in [3.05, 3.63) is 55.1 Å². The van der Waals surface area contributed by atoms with Gasteiger partial charge in [0.2, 0.25) is 0 Å². The van der Waals surface area contributed by atoms with Crippen LogP contribution in [-0.2, 0) is 0 Å². The SMILES string of the molecule is C=CCN(CC=C)C(CN=C(N)Nc1cccc(C)c1)C(C)C.I. The Kier molecular flexibility index (Phi) is 11.4. The Hall–Kier alpha value is -1.34. The maximum Gasteiger partial charge on any atom is 0.193 e. The fourth-order valence-corrected chi connectivity index (χ4v) is 2.53. The van der Waals surface area contributed by atoms with Crippen molar-refractivity contribution >= 4 is 35.6 Å². The number of halogens is 1. The fraction of sp³-hybridized carbons (Fsp3) is 0.421. The van der Waals surface area contributed by atoms with Crippen LogP contribution in [0.2, 0.25) is 0 Å². The Morgan fingerprint density at radius 3 is 2.42 bits per heavy atom. The van der Waals surface area contributed by atoms with Gasteiger partial charge in [0, 0.05) is 24.8 Å². The van der Waals surface area contributed by atoms with Gasteiger partial charge in [-0.2, -0.15) is 0 Å². The number of guanidine groups is 1. The van der Waals surface area contributed by atoms with Gasteiger partial charge in [-0.3, -0.25) is 9.89 Å². The maximum atomic E-state index is 6.03. The first-order valence-electron chi connectivity index (χ1n) is 8.07. The summed E-state index contributed by atoms with van der Waals surface area (Å²) < 4.78 is 0. The Morgan fingerprint density at radius 1 is 1.29 bits per heavy atom. The van der Waals surface area contributed by atoms with Gasteiger partial charge in [-0.05, 0) is 30.5 Å². The molecule has 0 aliphatic rings. The Labute approximate surface area is 163 Å². The number of anilines is 1. The van der Waals surface area contributed by atoms with Crippen LogP contribution in [0.5, 0.6) is 0 Å². The molecule has 5 heteroatoms. The highest BCUT2D eigenvalue weighted by molar-refractivity contribution is 14.0. The third-order valence-corrected chi connectivity index (χ3v) is 3.70. The van der Waals surface area contributed by atoms with Crippen molar-refractivity contribution in [2.24, 2.45) is 16.6 Å². The van der Waals surface area contributed by atoms with Gasteiger partial charge < -0.3 is 11.1 Å². The smallest absolute Gasteiger partial charge is 0.193 e. The van der Waals surface area contributed by atoms with Crippen molar-refractivity contribution in [3.63, 3.8) is 0 Å². The topological polar surface area (TPSA) is 53.6 Å². The summed E-state index contributed by atoms with van der Waals surface area (Å²) in [4.78, 5) is 6.84. The number of hydrogen-bond acceptors (Lipinski definition) is 2. The zero-order chi connectivity index (χ0) is 17.2. The van der Waals surface area contributed by atoms with Gasteiger partial charge in [0.15, 0.2) is 5.96 Å². The van der Waals surface area contributed by atoms with Crippen LogP contribution < -0.4 is 11.1 Å². The maximum absolute atomic E-state index is 6.03. The number of aryl methyl sites for hydroxylation is 1. The molecule has 0 heterocycles. The molecule has 3 N–H and O–H groups in total. The summed E-state index contributed by atoms with van der Waals surface area (Å²) in [5.41, 5.74) is 8.18. The zero-order valence-electron chi connectivity index (χ0n) is 15.0. The van der Waals surface area contributed by atoms with Crippen LogP contribution in [0.25, 0.3) is 0 Å². The summed E-state index contributed by atoms with van der Waals surface area (Å²) in [6.45, 7) is 16.4. The first-order valence-corrected chi connectivity index (χ1v) is 8.07. The van der Waals surface area contributed by atoms with Crippen molar-refractivity contribution in [2.45, 2.75) is 26.8 Å². The van der Waals surface area contributed by atoms with Crippen molar-refractivity contribution in [2.75, 3.05) is 25.0 Å². The summed E-state index contributed by atoms with van der Waals surface area (Å²) in [5.74, 6) is 0.906. The molecule has 1 unspecified atom stereocenters. The summed E-state index contributed by atoms with van der Waals surface area (Å²) in [5, 5.41) is 3.15. The van der Waals surface area contributed by atoms with E-state index in [4.69, 9.17) is 5.73 Å². The van der Waals surface area contributed by atoms with Crippen LogP contribution >= 0.6 is 24.0 Å². The molecule has 134 valence electrons. The van der Waals surface area contributed by atoms with E-state index in [1.54, 1.807) is 0 Å². The summed E-state index contributed by atoms with van der Waals surface area (Å²) in [6.07, 6.45) is 3.83. The minimum atomic E-state index is 0.